The van der Waals surface area contributed by atoms with Gasteiger partial charge in [0.2, 0.25) is 14.9 Å². The van der Waals surface area contributed by atoms with Crippen LogP contribution in [0.25, 0.3) is 0 Å². The van der Waals surface area contributed by atoms with Crippen molar-refractivity contribution in [2.75, 3.05) is 13.7 Å². The molecule has 18 heavy (non-hydrogen) atoms. The summed E-state index contributed by atoms with van der Waals surface area (Å²) < 4.78 is 28.5. The van der Waals surface area contributed by atoms with E-state index in [1.807, 2.05) is 0 Å². The number of primary sulfonamides is 1. The summed E-state index contributed by atoms with van der Waals surface area (Å²) in [5.74, 6) is -0.762. The van der Waals surface area contributed by atoms with Crippen LogP contribution in [0.5, 0.6) is 0 Å². The Morgan fingerprint density at radius 3 is 2.67 bits per heavy atom. The van der Waals surface area contributed by atoms with Crippen LogP contribution in [-0.2, 0) is 14.8 Å². The Kier molecular flexibility index (Phi) is 4.38. The molecule has 1 atom stereocenters. The van der Waals surface area contributed by atoms with E-state index in [2.05, 4.69) is 5.10 Å². The second kappa shape index (κ2) is 5.42. The van der Waals surface area contributed by atoms with Gasteiger partial charge in [-0.25, -0.2) is 13.6 Å². The van der Waals surface area contributed by atoms with Gasteiger partial charge in [-0.2, -0.15) is 4.68 Å². The first kappa shape index (κ1) is 14.5. The number of rotatable bonds is 6. The lowest BCUT2D eigenvalue weighted by Gasteiger charge is -2.06. The average Bonchev–Trinajstić information content (AvgIpc) is 2.70. The zero-order chi connectivity index (χ0) is 13.9. The Morgan fingerprint density at radius 2 is 2.28 bits per heavy atom. The summed E-state index contributed by atoms with van der Waals surface area (Å²) >= 11 is 0. The number of hydrogen-bond acceptors (Lipinski definition) is 6. The molecule has 0 saturated heterocycles. The van der Waals surface area contributed by atoms with E-state index in [9.17, 15) is 18.5 Å². The van der Waals surface area contributed by atoms with E-state index < -0.39 is 25.7 Å². The van der Waals surface area contributed by atoms with Gasteiger partial charge in [-0.05, 0) is 18.3 Å². The molecule has 1 aromatic heterocycles. The quantitative estimate of drug-likeness (QED) is 0.577. The van der Waals surface area contributed by atoms with Gasteiger partial charge < -0.3 is 14.9 Å². The third-order valence-corrected chi connectivity index (χ3v) is 3.25. The highest BCUT2D eigenvalue weighted by Gasteiger charge is 2.30. The number of ether oxygens (including phenoxy) is 1. The van der Waals surface area contributed by atoms with Gasteiger partial charge in [0.15, 0.2) is 0 Å². The van der Waals surface area contributed by atoms with Gasteiger partial charge >= 0.3 is 5.82 Å². The third-order valence-electron chi connectivity index (χ3n) is 2.35. The first-order valence-corrected chi connectivity index (χ1v) is 6.57. The molecular formula is C8H14N4O5S. The van der Waals surface area contributed by atoms with Gasteiger partial charge in [-0.3, -0.25) is 0 Å². The number of aromatic nitrogens is 2. The molecule has 9 nitrogen and oxygen atoms in total. The van der Waals surface area contributed by atoms with Crippen molar-refractivity contribution in [2.24, 2.45) is 5.14 Å². The first-order chi connectivity index (χ1) is 8.27. The minimum absolute atomic E-state index is 0.237. The fraction of sp³-hybridized carbons (Fsp3) is 0.625. The standard InChI is InChI=1S/C8H14N4O5S/c1-6(3-4-17-2)11-5-7(18(9,15)16)8(10-11)12(13)14/h5-6H,3-4H2,1-2H3,(H2,9,15,16). The summed E-state index contributed by atoms with van der Waals surface area (Å²) in [6.45, 7) is 2.17. The van der Waals surface area contributed by atoms with Crippen molar-refractivity contribution in [3.8, 4) is 0 Å². The summed E-state index contributed by atoms with van der Waals surface area (Å²) in [6, 6.07) is -0.237. The van der Waals surface area contributed by atoms with Crippen molar-refractivity contribution in [1.29, 1.82) is 0 Å². The fourth-order valence-corrected chi connectivity index (χ4v) is 1.96. The highest BCUT2D eigenvalue weighted by Crippen LogP contribution is 2.23. The van der Waals surface area contributed by atoms with E-state index in [1.165, 1.54) is 11.8 Å². The molecule has 1 rings (SSSR count). The Bertz CT molecular complexity index is 538. The predicted octanol–water partition coefficient (Wildman–Crippen LogP) is 0.0362. The molecule has 1 heterocycles. The van der Waals surface area contributed by atoms with Gasteiger partial charge in [0.1, 0.15) is 0 Å². The van der Waals surface area contributed by atoms with Crippen molar-refractivity contribution in [1.82, 2.24) is 9.78 Å². The molecule has 0 saturated carbocycles. The monoisotopic (exact) mass is 278 g/mol. The normalized spacial score (nSPS) is 13.5. The van der Waals surface area contributed by atoms with E-state index in [-0.39, 0.29) is 6.04 Å². The molecule has 1 unspecified atom stereocenters. The van der Waals surface area contributed by atoms with Crippen LogP contribution < -0.4 is 5.14 Å². The molecule has 0 fully saturated rings. The Labute approximate surface area is 104 Å². The van der Waals surface area contributed by atoms with Crippen LogP contribution in [0.1, 0.15) is 19.4 Å². The Balaban J connectivity index is 3.14. The minimum atomic E-state index is -4.17. The van der Waals surface area contributed by atoms with Crippen LogP contribution in [0.4, 0.5) is 5.82 Å². The summed E-state index contributed by atoms with van der Waals surface area (Å²) in [5.41, 5.74) is 0. The first-order valence-electron chi connectivity index (χ1n) is 5.02. The van der Waals surface area contributed by atoms with Crippen LogP contribution in [-0.4, -0.2) is 36.8 Å². The second-order valence-corrected chi connectivity index (χ2v) is 5.26. The smallest absolute Gasteiger partial charge is 0.385 e. The van der Waals surface area contributed by atoms with Crippen LogP contribution >= 0.6 is 0 Å². The molecule has 0 aromatic carbocycles. The predicted molar refractivity (Wildman–Crippen MR) is 61.5 cm³/mol. The van der Waals surface area contributed by atoms with Crippen molar-refractivity contribution >= 4 is 15.8 Å². The zero-order valence-electron chi connectivity index (χ0n) is 9.94. The molecular weight excluding hydrogens is 264 g/mol. The van der Waals surface area contributed by atoms with Gasteiger partial charge in [0, 0.05) is 13.7 Å². The molecule has 1 aromatic rings. The average molecular weight is 278 g/mol. The van der Waals surface area contributed by atoms with Gasteiger partial charge in [-0.15, -0.1) is 0 Å². The number of nitro groups is 1. The maximum absolute atomic E-state index is 11.2. The molecule has 0 bridgehead atoms. The SMILES string of the molecule is COCCC(C)n1cc(S(N)(=O)=O)c([N+](=O)[O-])n1. The Hall–Kier alpha value is -1.52. The van der Waals surface area contributed by atoms with E-state index in [4.69, 9.17) is 9.88 Å². The second-order valence-electron chi connectivity index (χ2n) is 3.73. The highest BCUT2D eigenvalue weighted by molar-refractivity contribution is 7.89. The summed E-state index contributed by atoms with van der Waals surface area (Å²) in [4.78, 5) is 9.24. The van der Waals surface area contributed by atoms with Crippen molar-refractivity contribution in [3.63, 3.8) is 0 Å². The van der Waals surface area contributed by atoms with Crippen molar-refractivity contribution in [2.45, 2.75) is 24.3 Å². The minimum Gasteiger partial charge on any atom is -0.385 e. The van der Waals surface area contributed by atoms with Crippen LogP contribution in [0.15, 0.2) is 11.1 Å². The number of methoxy groups -OCH3 is 1. The fourth-order valence-electron chi connectivity index (χ4n) is 1.34. The highest BCUT2D eigenvalue weighted by atomic mass is 32.2. The summed E-state index contributed by atoms with van der Waals surface area (Å²) in [6.07, 6.45) is 1.60. The number of sulfonamides is 1. The Morgan fingerprint density at radius 1 is 1.67 bits per heavy atom. The van der Waals surface area contributed by atoms with Crippen molar-refractivity contribution < 1.29 is 18.1 Å². The van der Waals surface area contributed by atoms with Crippen LogP contribution in [0.3, 0.4) is 0 Å². The number of hydrogen-bond donors (Lipinski definition) is 1. The third kappa shape index (κ3) is 3.24. The summed E-state index contributed by atoms with van der Waals surface area (Å²) in [7, 11) is -2.65. The topological polar surface area (TPSA) is 130 Å². The lowest BCUT2D eigenvalue weighted by atomic mass is 10.2. The molecule has 0 amide bonds. The number of nitrogens with zero attached hydrogens (tertiary/aromatic N) is 3. The number of nitrogens with two attached hydrogens (primary N) is 1. The zero-order valence-corrected chi connectivity index (χ0v) is 10.8. The molecule has 2 N–H and O–H groups in total. The maximum Gasteiger partial charge on any atom is 0.410 e. The van der Waals surface area contributed by atoms with Crippen LogP contribution in [0.2, 0.25) is 0 Å². The molecule has 0 aliphatic carbocycles. The van der Waals surface area contributed by atoms with Crippen molar-refractivity contribution in [3.05, 3.63) is 16.3 Å². The van der Waals surface area contributed by atoms with Gasteiger partial charge in [0.05, 0.1) is 17.3 Å². The molecule has 0 radical (unpaired) electrons. The van der Waals surface area contributed by atoms with Gasteiger partial charge in [0.25, 0.3) is 0 Å². The van der Waals surface area contributed by atoms with E-state index in [1.54, 1.807) is 6.92 Å². The van der Waals surface area contributed by atoms with E-state index in [0.717, 1.165) is 6.20 Å². The molecule has 0 aliphatic heterocycles. The molecule has 10 heteroatoms. The molecule has 0 spiro atoms. The van der Waals surface area contributed by atoms with E-state index in [0.29, 0.717) is 13.0 Å². The maximum atomic E-state index is 11.2. The lowest BCUT2D eigenvalue weighted by molar-refractivity contribution is -0.392. The largest absolute Gasteiger partial charge is 0.410 e. The van der Waals surface area contributed by atoms with Crippen LogP contribution in [0, 0.1) is 10.1 Å². The molecule has 102 valence electrons. The van der Waals surface area contributed by atoms with E-state index >= 15 is 0 Å². The molecule has 0 aliphatic rings. The lowest BCUT2D eigenvalue weighted by Crippen LogP contribution is -2.13. The van der Waals surface area contributed by atoms with Gasteiger partial charge in [-0.1, -0.05) is 0 Å². The summed E-state index contributed by atoms with van der Waals surface area (Å²) in [5, 5.41) is 19.2.